The number of hydrogen-bond donors (Lipinski definition) is 1. The molecule has 0 rings (SSSR count). The van der Waals surface area contributed by atoms with Crippen LogP contribution in [-0.4, -0.2) is 92.0 Å². The second-order valence-electron chi connectivity index (χ2n) is 1.14. The second kappa shape index (κ2) is 11.8. The zero-order chi connectivity index (χ0) is 4.99. The van der Waals surface area contributed by atoms with Gasteiger partial charge < -0.3 is 5.11 Å². The summed E-state index contributed by atoms with van der Waals surface area (Å²) in [6.45, 7) is 1.84. The molecule has 0 aromatic rings. The van der Waals surface area contributed by atoms with Gasteiger partial charge in [0.05, 0.1) is 0 Å². The molecule has 2 nitrogen and oxygen atoms in total. The van der Waals surface area contributed by atoms with Crippen LogP contribution in [-0.2, 0) is 4.79 Å². The summed E-state index contributed by atoms with van der Waals surface area (Å²) in [5.41, 5.74) is 0. The molecular weight excluding hydrogens is 142 g/mol. The van der Waals surface area contributed by atoms with E-state index in [1.807, 2.05) is 6.92 Å². The summed E-state index contributed by atoms with van der Waals surface area (Å²) < 4.78 is 0. The summed E-state index contributed by atoms with van der Waals surface area (Å²) in [5, 5.41) is 7.91. The van der Waals surface area contributed by atoms with Gasteiger partial charge in [0.2, 0.25) is 0 Å². The molecule has 0 unspecified atom stereocenters. The Bertz CT molecular complexity index is 58.0. The third-order valence-electron chi connectivity index (χ3n) is 0.464. The number of hydrogen-bond acceptors (Lipinski definition) is 1. The van der Waals surface area contributed by atoms with Gasteiger partial charge in [-0.25, -0.2) is 0 Å². The van der Waals surface area contributed by atoms with Crippen LogP contribution in [0.2, 0.25) is 0 Å². The van der Waals surface area contributed by atoms with Crippen molar-refractivity contribution in [3.8, 4) is 0 Å². The van der Waals surface area contributed by atoms with Gasteiger partial charge in [-0.05, 0) is 6.42 Å². The van der Waals surface area contributed by atoms with Crippen LogP contribution >= 0.6 is 0 Å². The summed E-state index contributed by atoms with van der Waals surface area (Å²) >= 11 is 0. The number of rotatable bonds is 2. The third-order valence-corrected chi connectivity index (χ3v) is 0.464. The number of carbonyl (C=O) groups is 1. The zero-order valence-electron chi connectivity index (χ0n) is 3.77. The van der Waals surface area contributed by atoms with Crippen LogP contribution in [0, 0.1) is 0 Å². The van der Waals surface area contributed by atoms with Crippen molar-refractivity contribution in [2.45, 2.75) is 19.8 Å². The molecule has 0 aliphatic rings. The molecule has 4 heteroatoms. The summed E-state index contributed by atoms with van der Waals surface area (Å²) in [4.78, 5) is 9.60. The Labute approximate surface area is 114 Å². The average molecular weight is 152 g/mol. The molecule has 0 aromatic heterocycles. The topological polar surface area (TPSA) is 37.3 Å². The van der Waals surface area contributed by atoms with Gasteiger partial charge in [-0.1, -0.05) is 6.92 Å². The monoisotopic (exact) mass is 152 g/mol. The summed E-state index contributed by atoms with van der Waals surface area (Å²) in [7, 11) is 0. The van der Waals surface area contributed by atoms with E-state index in [2.05, 4.69) is 0 Å². The van der Waals surface area contributed by atoms with E-state index < -0.39 is 5.97 Å². The van der Waals surface area contributed by atoms with Crippen LogP contribution in [0.3, 0.4) is 0 Å². The molecule has 0 saturated carbocycles. The van der Waals surface area contributed by atoms with Crippen LogP contribution in [0.4, 0.5) is 0 Å². The van der Waals surface area contributed by atoms with E-state index in [0.29, 0.717) is 6.42 Å². The van der Waals surface area contributed by atoms with E-state index >= 15 is 0 Å². The number of carboxylic acids is 1. The summed E-state index contributed by atoms with van der Waals surface area (Å²) in [5.74, 6) is -0.711. The predicted octanol–water partition coefficient (Wildman–Crippen LogP) is -0.426. The maximum atomic E-state index is 9.60. The van der Waals surface area contributed by atoms with Crippen molar-refractivity contribution in [3.63, 3.8) is 0 Å². The Balaban J connectivity index is -0.000000125. The van der Waals surface area contributed by atoms with Gasteiger partial charge in [-0.2, -0.15) is 0 Å². The molecule has 0 spiro atoms. The van der Waals surface area contributed by atoms with Gasteiger partial charge in [0.15, 0.2) is 0 Å². The SMILES string of the molecule is CCCC(=O)O.[KH].[NaH]. The van der Waals surface area contributed by atoms with Gasteiger partial charge in [0, 0.05) is 6.42 Å². The van der Waals surface area contributed by atoms with Crippen LogP contribution in [0.25, 0.3) is 0 Å². The van der Waals surface area contributed by atoms with Crippen LogP contribution < -0.4 is 0 Å². The molecule has 0 bridgehead atoms. The minimum absolute atomic E-state index is 0. The van der Waals surface area contributed by atoms with Gasteiger partial charge in [0.25, 0.3) is 0 Å². The Morgan fingerprint density at radius 1 is 1.62 bits per heavy atom. The first-order valence-corrected chi connectivity index (χ1v) is 1.99. The number of aliphatic carboxylic acids is 1. The molecule has 8 heavy (non-hydrogen) atoms. The molecule has 0 atom stereocenters. The van der Waals surface area contributed by atoms with Crippen molar-refractivity contribution in [2.75, 3.05) is 0 Å². The van der Waals surface area contributed by atoms with Crippen molar-refractivity contribution >= 4 is 86.9 Å². The molecule has 0 saturated heterocycles. The van der Waals surface area contributed by atoms with E-state index in [1.165, 1.54) is 0 Å². The molecule has 0 fully saturated rings. The predicted molar refractivity (Wildman–Crippen MR) is 36.8 cm³/mol. The summed E-state index contributed by atoms with van der Waals surface area (Å²) in [6.07, 6.45) is 1.02. The van der Waals surface area contributed by atoms with E-state index in [-0.39, 0.29) is 80.9 Å². The zero-order valence-corrected chi connectivity index (χ0v) is 3.77. The molecule has 0 radical (unpaired) electrons. The fraction of sp³-hybridized carbons (Fsp3) is 0.750. The van der Waals surface area contributed by atoms with Crippen molar-refractivity contribution < 1.29 is 9.90 Å². The van der Waals surface area contributed by atoms with Gasteiger partial charge in [-0.3, -0.25) is 4.79 Å². The van der Waals surface area contributed by atoms with Crippen molar-refractivity contribution in [1.82, 2.24) is 0 Å². The van der Waals surface area contributed by atoms with Crippen LogP contribution in [0.1, 0.15) is 19.8 Å². The van der Waals surface area contributed by atoms with Gasteiger partial charge in [0.1, 0.15) is 0 Å². The first-order chi connectivity index (χ1) is 2.77. The van der Waals surface area contributed by atoms with Crippen molar-refractivity contribution in [3.05, 3.63) is 0 Å². The normalized spacial score (nSPS) is 6.12. The molecule has 0 aliphatic carbocycles. The standard InChI is InChI=1S/C4H8O2.K.Na.2H/c1-2-3-4(5)6;;;;/h2-3H2,1H3,(H,5,6);;;;. The molecule has 1 N–H and O–H groups in total. The molecule has 0 aromatic carbocycles. The Morgan fingerprint density at radius 3 is 2.00 bits per heavy atom. The van der Waals surface area contributed by atoms with Crippen molar-refractivity contribution in [2.24, 2.45) is 0 Å². The van der Waals surface area contributed by atoms with E-state index in [4.69, 9.17) is 5.11 Å². The fourth-order valence-electron chi connectivity index (χ4n) is 0.214. The van der Waals surface area contributed by atoms with E-state index in [0.717, 1.165) is 6.42 Å². The van der Waals surface area contributed by atoms with Crippen LogP contribution in [0.15, 0.2) is 0 Å². The molecular formula is C4H10KNaO2. The molecule has 0 aliphatic heterocycles. The quantitative estimate of drug-likeness (QED) is 0.545. The van der Waals surface area contributed by atoms with Gasteiger partial charge >= 0.3 is 86.9 Å². The molecule has 0 amide bonds. The Kier molecular flexibility index (Phi) is 24.6. The van der Waals surface area contributed by atoms with Crippen LogP contribution in [0.5, 0.6) is 0 Å². The molecule has 0 heterocycles. The fourth-order valence-corrected chi connectivity index (χ4v) is 0.214. The Hall–Kier alpha value is 2.11. The van der Waals surface area contributed by atoms with Gasteiger partial charge in [-0.15, -0.1) is 0 Å². The van der Waals surface area contributed by atoms with E-state index in [1.54, 1.807) is 0 Å². The number of carboxylic acid groups (broad SMARTS) is 1. The van der Waals surface area contributed by atoms with E-state index in [9.17, 15) is 4.79 Å². The third kappa shape index (κ3) is 15.7. The maximum absolute atomic E-state index is 9.60. The summed E-state index contributed by atoms with van der Waals surface area (Å²) in [6, 6.07) is 0. The first kappa shape index (κ1) is 16.6. The average Bonchev–Trinajstić information content (AvgIpc) is 1.35. The second-order valence-corrected chi connectivity index (χ2v) is 1.14. The first-order valence-electron chi connectivity index (χ1n) is 1.99. The molecule has 40 valence electrons. The Morgan fingerprint density at radius 2 is 2.00 bits per heavy atom. The van der Waals surface area contributed by atoms with Crippen molar-refractivity contribution in [1.29, 1.82) is 0 Å². The minimum atomic E-state index is -0.711.